The van der Waals surface area contributed by atoms with Gasteiger partial charge in [0.2, 0.25) is 0 Å². The molecule has 0 aliphatic heterocycles. The Morgan fingerprint density at radius 1 is 0.591 bits per heavy atom. The molecule has 3 rings (SSSR count). The van der Waals surface area contributed by atoms with E-state index in [1.807, 2.05) is 84.9 Å². The van der Waals surface area contributed by atoms with E-state index in [9.17, 15) is 10.5 Å². The van der Waals surface area contributed by atoms with Crippen molar-refractivity contribution in [3.05, 3.63) is 95.1 Å². The summed E-state index contributed by atoms with van der Waals surface area (Å²) in [4.78, 5) is 0. The third kappa shape index (κ3) is 11.1. The van der Waals surface area contributed by atoms with E-state index in [2.05, 4.69) is 39.8 Å². The smallest absolute Gasteiger partial charge is 0.119 e. The van der Waals surface area contributed by atoms with E-state index in [-0.39, 0.29) is 0 Å². The van der Waals surface area contributed by atoms with Crippen molar-refractivity contribution in [2.75, 3.05) is 13.2 Å². The molecule has 0 heterocycles. The third-order valence-corrected chi connectivity index (χ3v) is 8.19. The first-order valence-corrected chi connectivity index (χ1v) is 16.3. The fourth-order valence-electron chi connectivity index (χ4n) is 5.07. The van der Waals surface area contributed by atoms with Gasteiger partial charge in [0.05, 0.1) is 36.5 Å². The van der Waals surface area contributed by atoms with Crippen molar-refractivity contribution in [1.82, 2.24) is 0 Å². The lowest BCUT2D eigenvalue weighted by molar-refractivity contribution is 0.233. The van der Waals surface area contributed by atoms with Crippen LogP contribution in [-0.4, -0.2) is 13.2 Å². The van der Waals surface area contributed by atoms with E-state index in [0.717, 1.165) is 59.8 Å². The molecule has 3 aromatic rings. The summed E-state index contributed by atoms with van der Waals surface area (Å²) in [7, 11) is 0. The van der Waals surface area contributed by atoms with Crippen molar-refractivity contribution < 1.29 is 9.47 Å². The first kappa shape index (κ1) is 34.2. The summed E-state index contributed by atoms with van der Waals surface area (Å²) in [5.74, 6) is 2.82. The lowest BCUT2D eigenvalue weighted by Gasteiger charge is -2.15. The molecule has 0 amide bonds. The normalized spacial score (nSPS) is 13.0. The second kappa shape index (κ2) is 19.1. The Hall–Kier alpha value is -4.28. The maximum atomic E-state index is 9.86. The Labute approximate surface area is 265 Å². The lowest BCUT2D eigenvalue weighted by atomic mass is 10.0. The quantitative estimate of drug-likeness (QED) is 0.109. The highest BCUT2D eigenvalue weighted by molar-refractivity contribution is 5.91. The van der Waals surface area contributed by atoms with E-state index >= 15 is 0 Å². The molecule has 4 heteroatoms. The molecule has 0 spiro atoms. The molecule has 2 unspecified atom stereocenters. The molecule has 0 aromatic heterocycles. The van der Waals surface area contributed by atoms with Crippen molar-refractivity contribution in [2.24, 2.45) is 11.8 Å². The average molecular weight is 589 g/mol. The Morgan fingerprint density at radius 2 is 0.955 bits per heavy atom. The molecule has 0 N–H and O–H groups in total. The molecule has 0 aliphatic rings. The predicted octanol–water partition coefficient (Wildman–Crippen LogP) is 11.0. The SMILES string of the molecule is CCCCC(CC)COc1ccc(/C(C#N)=C/c2ccc(/C=C(\C#N)c3ccc(OCC(CC)CCCC)cc3)cc2)cc1. The summed E-state index contributed by atoms with van der Waals surface area (Å²) in [6, 6.07) is 28.1. The van der Waals surface area contributed by atoms with Gasteiger partial charge in [-0.3, -0.25) is 0 Å². The van der Waals surface area contributed by atoms with Crippen LogP contribution in [-0.2, 0) is 0 Å². The molecule has 0 radical (unpaired) electrons. The highest BCUT2D eigenvalue weighted by Gasteiger charge is 2.09. The fourth-order valence-corrected chi connectivity index (χ4v) is 5.07. The minimum Gasteiger partial charge on any atom is -0.493 e. The number of rotatable bonds is 18. The van der Waals surface area contributed by atoms with Gasteiger partial charge in [-0.25, -0.2) is 0 Å². The van der Waals surface area contributed by atoms with Crippen LogP contribution in [0.25, 0.3) is 23.3 Å². The topological polar surface area (TPSA) is 66.0 Å². The van der Waals surface area contributed by atoms with Crippen LogP contribution < -0.4 is 9.47 Å². The van der Waals surface area contributed by atoms with Gasteiger partial charge in [0.25, 0.3) is 0 Å². The number of hydrogen-bond donors (Lipinski definition) is 0. The highest BCUT2D eigenvalue weighted by atomic mass is 16.5. The van der Waals surface area contributed by atoms with Gasteiger partial charge in [-0.2, -0.15) is 10.5 Å². The molecule has 44 heavy (non-hydrogen) atoms. The van der Waals surface area contributed by atoms with Crippen LogP contribution >= 0.6 is 0 Å². The number of unbranched alkanes of at least 4 members (excludes halogenated alkanes) is 2. The van der Waals surface area contributed by atoms with Gasteiger partial charge in [-0.1, -0.05) is 90.5 Å². The van der Waals surface area contributed by atoms with E-state index in [1.54, 1.807) is 0 Å². The summed E-state index contributed by atoms with van der Waals surface area (Å²) in [6.07, 6.45) is 13.3. The van der Waals surface area contributed by atoms with Gasteiger partial charge >= 0.3 is 0 Å². The molecule has 0 aliphatic carbocycles. The number of nitrogens with zero attached hydrogens (tertiary/aromatic N) is 2. The molecule has 0 fully saturated rings. The second-order valence-corrected chi connectivity index (χ2v) is 11.5. The molecular weight excluding hydrogens is 540 g/mol. The van der Waals surface area contributed by atoms with Crippen LogP contribution in [0.1, 0.15) is 101 Å². The van der Waals surface area contributed by atoms with Crippen LogP contribution in [0.15, 0.2) is 72.8 Å². The minimum atomic E-state index is 0.574. The van der Waals surface area contributed by atoms with Crippen LogP contribution in [0.2, 0.25) is 0 Å². The Balaban J connectivity index is 1.63. The number of nitriles is 2. The zero-order chi connectivity index (χ0) is 31.6. The van der Waals surface area contributed by atoms with Gasteiger partial charge < -0.3 is 9.47 Å². The van der Waals surface area contributed by atoms with Gasteiger partial charge in [0.15, 0.2) is 0 Å². The van der Waals surface area contributed by atoms with Crippen molar-refractivity contribution in [3.63, 3.8) is 0 Å². The van der Waals surface area contributed by atoms with Gasteiger partial charge in [-0.05, 0) is 108 Å². The molecule has 0 saturated heterocycles. The number of benzene rings is 3. The number of allylic oxidation sites excluding steroid dienone is 2. The van der Waals surface area contributed by atoms with Gasteiger partial charge in [0, 0.05) is 0 Å². The summed E-state index contributed by atoms with van der Waals surface area (Å²) < 4.78 is 12.1. The Kier molecular flexibility index (Phi) is 14.8. The minimum absolute atomic E-state index is 0.574. The maximum absolute atomic E-state index is 9.86. The highest BCUT2D eigenvalue weighted by Crippen LogP contribution is 2.25. The van der Waals surface area contributed by atoms with Crippen molar-refractivity contribution in [3.8, 4) is 23.6 Å². The third-order valence-electron chi connectivity index (χ3n) is 8.19. The summed E-state index contributed by atoms with van der Waals surface area (Å²) >= 11 is 0. The second-order valence-electron chi connectivity index (χ2n) is 11.5. The molecule has 2 atom stereocenters. The molecular formula is C40H48N2O2. The maximum Gasteiger partial charge on any atom is 0.119 e. The van der Waals surface area contributed by atoms with E-state index in [4.69, 9.17) is 9.47 Å². The number of ether oxygens (including phenoxy) is 2. The standard InChI is InChI=1S/C40H48N2O2/c1-5-9-11-31(7-3)29-43-39-21-17-35(18-22-39)37(27-41)25-33-13-15-34(16-14-33)26-38(28-42)36-19-23-40(24-20-36)44-30-32(8-4)12-10-6-2/h13-26,31-32H,5-12,29-30H2,1-4H3/b37-25+,38-26+. The molecule has 0 bridgehead atoms. The first-order valence-electron chi connectivity index (χ1n) is 16.3. The lowest BCUT2D eigenvalue weighted by Crippen LogP contribution is -2.11. The average Bonchev–Trinajstić information content (AvgIpc) is 3.07. The van der Waals surface area contributed by atoms with Crippen LogP contribution in [0.4, 0.5) is 0 Å². The van der Waals surface area contributed by atoms with Crippen molar-refractivity contribution >= 4 is 23.3 Å². The van der Waals surface area contributed by atoms with E-state index < -0.39 is 0 Å². The fraction of sp³-hybridized carbons (Fsp3) is 0.400. The largest absolute Gasteiger partial charge is 0.493 e. The zero-order valence-electron chi connectivity index (χ0n) is 27.0. The van der Waals surface area contributed by atoms with E-state index in [0.29, 0.717) is 23.0 Å². The Morgan fingerprint density at radius 3 is 1.25 bits per heavy atom. The molecule has 230 valence electrons. The van der Waals surface area contributed by atoms with E-state index in [1.165, 1.54) is 38.5 Å². The van der Waals surface area contributed by atoms with Crippen molar-refractivity contribution in [1.29, 1.82) is 10.5 Å². The van der Waals surface area contributed by atoms with Gasteiger partial charge in [0.1, 0.15) is 11.5 Å². The Bertz CT molecular complexity index is 1290. The van der Waals surface area contributed by atoms with Crippen LogP contribution in [0.3, 0.4) is 0 Å². The monoisotopic (exact) mass is 588 g/mol. The molecule has 3 aromatic carbocycles. The number of hydrogen-bond acceptors (Lipinski definition) is 4. The molecule has 0 saturated carbocycles. The summed E-state index contributed by atoms with van der Waals surface area (Å²) in [5, 5.41) is 19.7. The summed E-state index contributed by atoms with van der Waals surface area (Å²) in [5.41, 5.74) is 4.73. The predicted molar refractivity (Wildman–Crippen MR) is 184 cm³/mol. The molecule has 4 nitrogen and oxygen atoms in total. The summed E-state index contributed by atoms with van der Waals surface area (Å²) in [6.45, 7) is 10.3. The van der Waals surface area contributed by atoms with Crippen LogP contribution in [0.5, 0.6) is 11.5 Å². The zero-order valence-corrected chi connectivity index (χ0v) is 27.0. The first-order chi connectivity index (χ1) is 21.5. The van der Waals surface area contributed by atoms with Gasteiger partial charge in [-0.15, -0.1) is 0 Å². The van der Waals surface area contributed by atoms with Crippen molar-refractivity contribution in [2.45, 2.75) is 79.1 Å². The van der Waals surface area contributed by atoms with Crippen LogP contribution in [0, 0.1) is 34.5 Å².